The van der Waals surface area contributed by atoms with E-state index < -0.39 is 11.7 Å². The van der Waals surface area contributed by atoms with Crippen molar-refractivity contribution in [2.75, 3.05) is 36.5 Å². The number of fused-ring (bicyclic) bond motifs is 1. The Morgan fingerprint density at radius 2 is 1.89 bits per heavy atom. The first-order valence-corrected chi connectivity index (χ1v) is 9.05. The van der Waals surface area contributed by atoms with Crippen molar-refractivity contribution in [1.82, 2.24) is 4.98 Å². The number of morpholine rings is 1. The quantitative estimate of drug-likeness (QED) is 0.534. The van der Waals surface area contributed by atoms with E-state index in [2.05, 4.69) is 15.2 Å². The van der Waals surface area contributed by atoms with Crippen LogP contribution >= 0.6 is 11.6 Å². The molecule has 0 spiro atoms. The van der Waals surface area contributed by atoms with E-state index >= 15 is 0 Å². The Hall–Kier alpha value is -2.83. The van der Waals surface area contributed by atoms with E-state index in [1.54, 1.807) is 24.3 Å². The van der Waals surface area contributed by atoms with Crippen LogP contribution in [0.2, 0.25) is 5.02 Å². The monoisotopic (exact) mass is 383 g/mol. The van der Waals surface area contributed by atoms with Crippen LogP contribution < -0.4 is 10.2 Å². The van der Waals surface area contributed by atoms with E-state index in [9.17, 15) is 9.59 Å². The molecule has 0 saturated carbocycles. The highest BCUT2D eigenvalue weighted by Gasteiger charge is 2.22. The molecule has 1 fully saturated rings. The van der Waals surface area contributed by atoms with Crippen LogP contribution in [-0.4, -0.2) is 43.0 Å². The Kier molecular flexibility index (Phi) is 4.83. The van der Waals surface area contributed by atoms with Crippen LogP contribution in [0.25, 0.3) is 10.9 Å². The van der Waals surface area contributed by atoms with Gasteiger partial charge in [0.05, 0.1) is 30.2 Å². The molecule has 0 bridgehead atoms. The highest BCUT2D eigenvalue weighted by atomic mass is 35.5. The first-order valence-electron chi connectivity index (χ1n) is 8.67. The second-order valence-corrected chi connectivity index (χ2v) is 6.73. The molecule has 4 rings (SSSR count). The lowest BCUT2D eigenvalue weighted by Gasteiger charge is -2.30. The van der Waals surface area contributed by atoms with Crippen LogP contribution in [-0.2, 0) is 9.53 Å². The average molecular weight is 384 g/mol. The van der Waals surface area contributed by atoms with Crippen molar-refractivity contribution >= 4 is 45.6 Å². The number of para-hydroxylation sites is 2. The summed E-state index contributed by atoms with van der Waals surface area (Å²) in [5.41, 5.74) is 2.53. The fourth-order valence-electron chi connectivity index (χ4n) is 3.25. The first-order chi connectivity index (χ1) is 13.1. The normalized spacial score (nSPS) is 14.3. The number of carbonyl (C=O) groups is 2. The summed E-state index contributed by atoms with van der Waals surface area (Å²) in [7, 11) is 0. The van der Waals surface area contributed by atoms with Crippen molar-refractivity contribution in [3.05, 3.63) is 59.2 Å². The Labute approximate surface area is 161 Å². The molecule has 0 atom stereocenters. The second-order valence-electron chi connectivity index (χ2n) is 6.29. The Balaban J connectivity index is 1.58. The van der Waals surface area contributed by atoms with Gasteiger partial charge in [0.1, 0.15) is 0 Å². The maximum atomic E-state index is 12.7. The van der Waals surface area contributed by atoms with E-state index in [4.69, 9.17) is 16.3 Å². The number of hydrogen-bond acceptors (Lipinski definition) is 4. The Morgan fingerprint density at radius 3 is 2.70 bits per heavy atom. The molecule has 0 radical (unpaired) electrons. The highest BCUT2D eigenvalue weighted by molar-refractivity contribution is 6.48. The molecule has 0 unspecified atom stereocenters. The molecule has 2 heterocycles. The van der Waals surface area contributed by atoms with Crippen LogP contribution in [0.1, 0.15) is 10.4 Å². The lowest BCUT2D eigenvalue weighted by Crippen LogP contribution is -2.37. The minimum atomic E-state index is -0.674. The number of benzene rings is 2. The van der Waals surface area contributed by atoms with Crippen molar-refractivity contribution in [1.29, 1.82) is 0 Å². The number of hydrogen-bond donors (Lipinski definition) is 2. The number of anilines is 2. The molecule has 138 valence electrons. The summed E-state index contributed by atoms with van der Waals surface area (Å²) in [6.45, 7) is 2.76. The lowest BCUT2D eigenvalue weighted by molar-refractivity contribution is -0.112. The van der Waals surface area contributed by atoms with Crippen molar-refractivity contribution < 1.29 is 14.3 Å². The smallest absolute Gasteiger partial charge is 0.296 e. The molecule has 27 heavy (non-hydrogen) atoms. The molecule has 2 N–H and O–H groups in total. The number of ether oxygens (including phenoxy) is 1. The van der Waals surface area contributed by atoms with Gasteiger partial charge in [-0.1, -0.05) is 29.8 Å². The van der Waals surface area contributed by atoms with Crippen LogP contribution in [0.5, 0.6) is 0 Å². The molecule has 0 aliphatic carbocycles. The first kappa shape index (κ1) is 17.6. The molecule has 1 aliphatic heterocycles. The van der Waals surface area contributed by atoms with E-state index in [1.807, 2.05) is 18.2 Å². The molecule has 1 aromatic heterocycles. The van der Waals surface area contributed by atoms with Gasteiger partial charge in [-0.05, 0) is 24.3 Å². The van der Waals surface area contributed by atoms with Crippen molar-refractivity contribution in [3.63, 3.8) is 0 Å². The van der Waals surface area contributed by atoms with Gasteiger partial charge in [-0.25, -0.2) is 0 Å². The van der Waals surface area contributed by atoms with Crippen molar-refractivity contribution in [2.24, 2.45) is 0 Å². The predicted octanol–water partition coefficient (Wildman–Crippen LogP) is 3.48. The largest absolute Gasteiger partial charge is 0.378 e. The number of aromatic nitrogens is 1. The zero-order valence-electron chi connectivity index (χ0n) is 14.5. The number of H-pyrrole nitrogens is 1. The molecule has 7 heteroatoms. The van der Waals surface area contributed by atoms with Gasteiger partial charge in [0, 0.05) is 35.2 Å². The number of aromatic amines is 1. The second kappa shape index (κ2) is 7.42. The van der Waals surface area contributed by atoms with E-state index in [0.29, 0.717) is 40.4 Å². The molecular formula is C20H18ClN3O3. The van der Waals surface area contributed by atoms with Gasteiger partial charge >= 0.3 is 0 Å². The van der Waals surface area contributed by atoms with Gasteiger partial charge in [0.2, 0.25) is 0 Å². The van der Waals surface area contributed by atoms with Crippen molar-refractivity contribution in [3.8, 4) is 0 Å². The highest BCUT2D eigenvalue weighted by Crippen LogP contribution is 2.27. The number of rotatable bonds is 4. The molecule has 2 aromatic carbocycles. The predicted molar refractivity (Wildman–Crippen MR) is 106 cm³/mol. The molecule has 3 aromatic rings. The number of Topliss-reactive ketones (excluding diaryl/α,β-unsaturated/α-hetero) is 1. The van der Waals surface area contributed by atoms with Gasteiger partial charge in [-0.15, -0.1) is 0 Å². The van der Waals surface area contributed by atoms with Crippen LogP contribution in [0.3, 0.4) is 0 Å². The van der Waals surface area contributed by atoms with E-state index in [-0.39, 0.29) is 0 Å². The molecule has 1 aliphatic rings. The number of nitrogens with one attached hydrogen (secondary N) is 2. The van der Waals surface area contributed by atoms with Crippen molar-refractivity contribution in [2.45, 2.75) is 0 Å². The summed E-state index contributed by atoms with van der Waals surface area (Å²) in [6, 6.07) is 12.6. The maximum absolute atomic E-state index is 12.7. The molecular weight excluding hydrogens is 366 g/mol. The van der Waals surface area contributed by atoms with E-state index in [1.165, 1.54) is 6.20 Å². The number of ketones is 1. The standard InChI is InChI=1S/C20H18ClN3O3/c21-13-5-6-14-15(12-22-17(14)11-13)19(25)20(26)23-16-3-1-2-4-18(16)24-7-9-27-10-8-24/h1-6,11-12,22H,7-10H2,(H,23,26). The van der Waals surface area contributed by atoms with Crippen LogP contribution in [0.4, 0.5) is 11.4 Å². The van der Waals surface area contributed by atoms with Gasteiger partial charge in [0.25, 0.3) is 11.7 Å². The third kappa shape index (κ3) is 3.54. The number of carbonyl (C=O) groups excluding carboxylic acids is 2. The fourth-order valence-corrected chi connectivity index (χ4v) is 3.42. The Morgan fingerprint density at radius 1 is 1.11 bits per heavy atom. The number of amides is 1. The third-order valence-corrected chi connectivity index (χ3v) is 4.83. The van der Waals surface area contributed by atoms with Crippen LogP contribution in [0.15, 0.2) is 48.7 Å². The maximum Gasteiger partial charge on any atom is 0.296 e. The third-order valence-electron chi connectivity index (χ3n) is 4.60. The summed E-state index contributed by atoms with van der Waals surface area (Å²) < 4.78 is 5.38. The Bertz CT molecular complexity index is 1010. The molecule has 1 amide bonds. The lowest BCUT2D eigenvalue weighted by atomic mass is 10.1. The zero-order valence-corrected chi connectivity index (χ0v) is 15.3. The summed E-state index contributed by atoms with van der Waals surface area (Å²) in [6.07, 6.45) is 1.54. The minimum Gasteiger partial charge on any atom is -0.378 e. The van der Waals surface area contributed by atoms with Gasteiger partial charge in [-0.3, -0.25) is 9.59 Å². The van der Waals surface area contributed by atoms with E-state index in [0.717, 1.165) is 18.8 Å². The van der Waals surface area contributed by atoms with Gasteiger partial charge in [0.15, 0.2) is 0 Å². The van der Waals surface area contributed by atoms with Gasteiger partial charge in [-0.2, -0.15) is 0 Å². The molecule has 1 saturated heterocycles. The topological polar surface area (TPSA) is 74.4 Å². The fraction of sp³-hybridized carbons (Fsp3) is 0.200. The molecule has 6 nitrogen and oxygen atoms in total. The zero-order chi connectivity index (χ0) is 18.8. The number of halogens is 1. The summed E-state index contributed by atoms with van der Waals surface area (Å²) in [4.78, 5) is 30.4. The van der Waals surface area contributed by atoms with Gasteiger partial charge < -0.3 is 19.9 Å². The summed E-state index contributed by atoms with van der Waals surface area (Å²) in [5.74, 6) is -1.27. The minimum absolute atomic E-state index is 0.322. The van der Waals surface area contributed by atoms with Crippen LogP contribution in [0, 0.1) is 0 Å². The number of nitrogens with zero attached hydrogens (tertiary/aromatic N) is 1. The average Bonchev–Trinajstić information content (AvgIpc) is 3.11. The summed E-state index contributed by atoms with van der Waals surface area (Å²) in [5, 5.41) is 3.99. The summed E-state index contributed by atoms with van der Waals surface area (Å²) >= 11 is 5.97. The SMILES string of the molecule is O=C(Nc1ccccc1N1CCOCC1)C(=O)c1c[nH]c2cc(Cl)ccc12.